The Bertz CT molecular complexity index is 1190. The Kier molecular flexibility index (Phi) is 5.37. The molecular formula is C20H20O11. The summed E-state index contributed by atoms with van der Waals surface area (Å²) in [4.78, 5) is 13.0. The summed E-state index contributed by atoms with van der Waals surface area (Å²) >= 11 is 0. The van der Waals surface area contributed by atoms with E-state index in [1.807, 2.05) is 0 Å². The maximum absolute atomic E-state index is 13.0. The lowest BCUT2D eigenvalue weighted by molar-refractivity contribution is -0.277. The lowest BCUT2D eigenvalue weighted by atomic mass is 9.99. The lowest BCUT2D eigenvalue weighted by Crippen LogP contribution is -2.60. The Morgan fingerprint density at radius 3 is 2.42 bits per heavy atom. The molecule has 2 aromatic carbocycles. The van der Waals surface area contributed by atoms with Crippen LogP contribution in [-0.2, 0) is 4.74 Å². The van der Waals surface area contributed by atoms with Gasteiger partial charge in [0.05, 0.1) is 13.7 Å². The first-order valence-electron chi connectivity index (χ1n) is 9.23. The number of hydrogen-bond acceptors (Lipinski definition) is 11. The van der Waals surface area contributed by atoms with E-state index in [0.29, 0.717) is 0 Å². The summed E-state index contributed by atoms with van der Waals surface area (Å²) in [6.45, 7) is -0.653. The number of methoxy groups -OCH3 is 1. The standard InChI is InChI=1S/C20H20O11/c1-28-7-4-9(23)13-11(5-7)29-19-10(3-2-8(22)14(19)16(13)25)30-20-18(27)17(26)15(24)12(6-21)31-20/h2-5,12,15,17-18,20-24,26-27H,6H2,1H3/t12-,15-,17-,18-,20-/m0/s1. The summed E-state index contributed by atoms with van der Waals surface area (Å²) in [5, 5.41) is 59.3. The van der Waals surface area contributed by atoms with Crippen LogP contribution in [0.3, 0.4) is 0 Å². The number of aromatic hydroxyl groups is 2. The quantitative estimate of drug-likeness (QED) is 0.292. The van der Waals surface area contributed by atoms with Crippen LogP contribution in [0, 0.1) is 0 Å². The molecule has 1 aliphatic rings. The van der Waals surface area contributed by atoms with Crippen LogP contribution in [-0.4, -0.2) is 75.1 Å². The third-order valence-electron chi connectivity index (χ3n) is 5.15. The minimum Gasteiger partial charge on any atom is -0.507 e. The Hall–Kier alpha value is -3.09. The van der Waals surface area contributed by atoms with Crippen LogP contribution >= 0.6 is 0 Å². The molecule has 0 spiro atoms. The Morgan fingerprint density at radius 2 is 1.74 bits per heavy atom. The van der Waals surface area contributed by atoms with Crippen molar-refractivity contribution in [2.45, 2.75) is 30.7 Å². The molecule has 3 aromatic rings. The van der Waals surface area contributed by atoms with Crippen molar-refractivity contribution in [3.05, 3.63) is 34.5 Å². The van der Waals surface area contributed by atoms with Gasteiger partial charge >= 0.3 is 0 Å². The van der Waals surface area contributed by atoms with Crippen LogP contribution < -0.4 is 14.9 Å². The van der Waals surface area contributed by atoms with Gasteiger partial charge in [-0.1, -0.05) is 0 Å². The van der Waals surface area contributed by atoms with Crippen molar-refractivity contribution < 1.29 is 49.3 Å². The average molecular weight is 436 g/mol. The van der Waals surface area contributed by atoms with Crippen molar-refractivity contribution in [2.24, 2.45) is 0 Å². The molecule has 0 amide bonds. The number of fused-ring (bicyclic) bond motifs is 2. The van der Waals surface area contributed by atoms with Crippen molar-refractivity contribution in [1.82, 2.24) is 0 Å². The molecule has 1 saturated heterocycles. The van der Waals surface area contributed by atoms with Crippen molar-refractivity contribution in [2.75, 3.05) is 13.7 Å². The molecule has 11 nitrogen and oxygen atoms in total. The topological polar surface area (TPSA) is 179 Å². The van der Waals surface area contributed by atoms with E-state index in [1.165, 1.54) is 25.3 Å². The van der Waals surface area contributed by atoms with Crippen LogP contribution in [0.25, 0.3) is 21.9 Å². The maximum atomic E-state index is 13.0. The molecule has 2 heterocycles. The number of ether oxygens (including phenoxy) is 3. The number of phenolic OH excluding ortho intramolecular Hbond substituents is 2. The summed E-state index contributed by atoms with van der Waals surface area (Å²) in [6, 6.07) is 4.97. The van der Waals surface area contributed by atoms with Gasteiger partial charge in [-0.05, 0) is 12.1 Å². The first-order valence-corrected chi connectivity index (χ1v) is 9.23. The molecule has 1 fully saturated rings. The van der Waals surface area contributed by atoms with Crippen LogP contribution in [0.2, 0.25) is 0 Å². The predicted octanol–water partition coefficient (Wildman–Crippen LogP) is -0.455. The molecule has 1 aliphatic heterocycles. The number of aliphatic hydroxyl groups excluding tert-OH is 4. The van der Waals surface area contributed by atoms with E-state index in [1.54, 1.807) is 0 Å². The highest BCUT2D eigenvalue weighted by atomic mass is 16.7. The van der Waals surface area contributed by atoms with Gasteiger partial charge in [-0.15, -0.1) is 0 Å². The molecule has 0 saturated carbocycles. The van der Waals surface area contributed by atoms with Crippen LogP contribution in [0.4, 0.5) is 0 Å². The summed E-state index contributed by atoms with van der Waals surface area (Å²) < 4.78 is 21.7. The highest BCUT2D eigenvalue weighted by Crippen LogP contribution is 2.37. The van der Waals surface area contributed by atoms with E-state index in [9.17, 15) is 35.4 Å². The fourth-order valence-electron chi connectivity index (χ4n) is 3.49. The number of hydrogen-bond donors (Lipinski definition) is 6. The van der Waals surface area contributed by atoms with E-state index < -0.39 is 54.2 Å². The Balaban J connectivity index is 1.86. The minimum absolute atomic E-state index is 0.0568. The van der Waals surface area contributed by atoms with Crippen molar-refractivity contribution >= 4 is 21.9 Å². The second-order valence-electron chi connectivity index (χ2n) is 7.05. The van der Waals surface area contributed by atoms with Gasteiger partial charge in [0, 0.05) is 12.1 Å². The minimum atomic E-state index is -1.70. The summed E-state index contributed by atoms with van der Waals surface area (Å²) in [6.07, 6.45) is -7.69. The number of phenols is 2. The first-order chi connectivity index (χ1) is 14.8. The van der Waals surface area contributed by atoms with Gasteiger partial charge in [0.15, 0.2) is 11.3 Å². The van der Waals surface area contributed by atoms with Crippen molar-refractivity contribution in [3.8, 4) is 23.0 Å². The van der Waals surface area contributed by atoms with Gasteiger partial charge in [0.25, 0.3) is 0 Å². The van der Waals surface area contributed by atoms with Crippen LogP contribution in [0.1, 0.15) is 0 Å². The maximum Gasteiger partial charge on any atom is 0.229 e. The van der Waals surface area contributed by atoms with E-state index in [-0.39, 0.29) is 33.4 Å². The van der Waals surface area contributed by atoms with Gasteiger partial charge in [0.2, 0.25) is 11.7 Å². The molecule has 0 radical (unpaired) electrons. The predicted molar refractivity (Wildman–Crippen MR) is 104 cm³/mol. The van der Waals surface area contributed by atoms with E-state index in [4.69, 9.17) is 18.6 Å². The Labute approximate surface area is 173 Å². The van der Waals surface area contributed by atoms with E-state index >= 15 is 0 Å². The fraction of sp³-hybridized carbons (Fsp3) is 0.350. The molecule has 5 atom stereocenters. The third-order valence-corrected chi connectivity index (χ3v) is 5.15. The Morgan fingerprint density at radius 1 is 1.00 bits per heavy atom. The average Bonchev–Trinajstić information content (AvgIpc) is 2.75. The third kappa shape index (κ3) is 3.42. The summed E-state index contributed by atoms with van der Waals surface area (Å²) in [5.41, 5.74) is -1.02. The molecule has 0 unspecified atom stereocenters. The summed E-state index contributed by atoms with van der Waals surface area (Å²) in [7, 11) is 1.36. The zero-order valence-corrected chi connectivity index (χ0v) is 16.1. The van der Waals surface area contributed by atoms with E-state index in [0.717, 1.165) is 6.07 Å². The number of aliphatic hydroxyl groups is 4. The van der Waals surface area contributed by atoms with Crippen LogP contribution in [0.15, 0.2) is 33.5 Å². The van der Waals surface area contributed by atoms with Gasteiger partial charge in [-0.2, -0.15) is 0 Å². The lowest BCUT2D eigenvalue weighted by Gasteiger charge is -2.39. The monoisotopic (exact) mass is 436 g/mol. The normalized spacial score (nSPS) is 26.3. The number of benzene rings is 2. The molecule has 31 heavy (non-hydrogen) atoms. The van der Waals surface area contributed by atoms with Crippen molar-refractivity contribution in [3.63, 3.8) is 0 Å². The molecule has 11 heteroatoms. The second-order valence-corrected chi connectivity index (χ2v) is 7.05. The SMILES string of the molecule is COc1cc(O)c2c(=O)c3c(O)ccc(O[C@H]4O[C@@H](CO)[C@H](O)[C@H](O)[C@@H]4O)c3oc2c1. The van der Waals surface area contributed by atoms with Gasteiger partial charge in [-0.25, -0.2) is 0 Å². The van der Waals surface area contributed by atoms with Gasteiger partial charge < -0.3 is 49.3 Å². The zero-order chi connectivity index (χ0) is 22.4. The zero-order valence-electron chi connectivity index (χ0n) is 16.1. The van der Waals surface area contributed by atoms with Gasteiger partial charge in [0.1, 0.15) is 58.0 Å². The van der Waals surface area contributed by atoms with Crippen LogP contribution in [0.5, 0.6) is 23.0 Å². The highest BCUT2D eigenvalue weighted by molar-refractivity contribution is 5.98. The highest BCUT2D eigenvalue weighted by Gasteiger charge is 2.45. The molecule has 0 bridgehead atoms. The van der Waals surface area contributed by atoms with E-state index in [2.05, 4.69) is 0 Å². The second kappa shape index (κ2) is 7.87. The molecular weight excluding hydrogens is 416 g/mol. The van der Waals surface area contributed by atoms with Gasteiger partial charge in [-0.3, -0.25) is 4.79 Å². The molecule has 0 aliphatic carbocycles. The molecule has 6 N–H and O–H groups in total. The molecule has 166 valence electrons. The molecule has 1 aromatic heterocycles. The van der Waals surface area contributed by atoms with Crippen molar-refractivity contribution in [1.29, 1.82) is 0 Å². The fourth-order valence-corrected chi connectivity index (χ4v) is 3.49. The number of rotatable bonds is 4. The smallest absolute Gasteiger partial charge is 0.229 e. The first kappa shape index (κ1) is 21.2. The summed E-state index contributed by atoms with van der Waals surface area (Å²) in [5.74, 6) is -0.783. The largest absolute Gasteiger partial charge is 0.507 e. The molecule has 4 rings (SSSR count).